The Morgan fingerprint density at radius 3 is 2.70 bits per heavy atom. The maximum Gasteiger partial charge on any atom is 0.265 e. The average molecular weight is 480 g/mol. The van der Waals surface area contributed by atoms with Crippen LogP contribution in [0.4, 0.5) is 0 Å². The lowest BCUT2D eigenvalue weighted by Gasteiger charge is -2.34. The lowest BCUT2D eigenvalue weighted by molar-refractivity contribution is 0.0640. The van der Waals surface area contributed by atoms with Crippen molar-refractivity contribution in [3.05, 3.63) is 64.3 Å². The highest BCUT2D eigenvalue weighted by Crippen LogP contribution is 2.29. The van der Waals surface area contributed by atoms with Crippen LogP contribution in [-0.2, 0) is 6.42 Å². The fraction of sp³-hybridized carbons (Fsp3) is 0.333. The summed E-state index contributed by atoms with van der Waals surface area (Å²) in [7, 11) is 0. The first kappa shape index (κ1) is 21.9. The second-order valence-electron chi connectivity index (χ2n) is 8.12. The molecule has 7 nitrogen and oxygen atoms in total. The van der Waals surface area contributed by atoms with Gasteiger partial charge in [0.05, 0.1) is 11.1 Å². The summed E-state index contributed by atoms with van der Waals surface area (Å²) in [5.41, 5.74) is 2.18. The van der Waals surface area contributed by atoms with E-state index in [4.69, 9.17) is 4.52 Å². The van der Waals surface area contributed by atoms with Crippen LogP contribution in [0, 0.1) is 6.92 Å². The third-order valence-corrected chi connectivity index (χ3v) is 7.78. The largest absolute Gasteiger partial charge is 0.339 e. The molecule has 4 aromatic rings. The van der Waals surface area contributed by atoms with Crippen LogP contribution in [0.15, 0.2) is 52.5 Å². The number of piperazine rings is 1. The molecule has 33 heavy (non-hydrogen) atoms. The number of thiazole rings is 1. The zero-order chi connectivity index (χ0) is 22.6. The van der Waals surface area contributed by atoms with Crippen molar-refractivity contribution in [1.82, 2.24) is 24.9 Å². The summed E-state index contributed by atoms with van der Waals surface area (Å²) in [6.07, 6.45) is 3.41. The van der Waals surface area contributed by atoms with Gasteiger partial charge in [-0.3, -0.25) is 9.69 Å². The Labute approximate surface area is 200 Å². The SMILES string of the molecule is Cc1ccc(-c2noc(CCCN3CCN(C(=O)c4cnc(-c5cccs5)s4)CC3)n2)cc1. The first-order valence-electron chi connectivity index (χ1n) is 11.1. The van der Waals surface area contributed by atoms with E-state index in [9.17, 15) is 4.79 Å². The summed E-state index contributed by atoms with van der Waals surface area (Å²) in [5, 5.41) is 7.05. The van der Waals surface area contributed by atoms with Crippen molar-refractivity contribution in [1.29, 1.82) is 0 Å². The van der Waals surface area contributed by atoms with Crippen LogP contribution in [0.1, 0.15) is 27.5 Å². The predicted octanol–water partition coefficient (Wildman–Crippen LogP) is 4.62. The smallest absolute Gasteiger partial charge is 0.265 e. The van der Waals surface area contributed by atoms with Crippen LogP contribution in [-0.4, -0.2) is 63.6 Å². The molecule has 0 spiro atoms. The van der Waals surface area contributed by atoms with E-state index < -0.39 is 0 Å². The molecule has 0 aliphatic carbocycles. The van der Waals surface area contributed by atoms with Crippen molar-refractivity contribution in [3.8, 4) is 21.3 Å². The second-order valence-corrected chi connectivity index (χ2v) is 10.1. The Balaban J connectivity index is 1.07. The maximum absolute atomic E-state index is 12.9. The Hall–Kier alpha value is -2.88. The minimum absolute atomic E-state index is 0.0875. The van der Waals surface area contributed by atoms with Gasteiger partial charge in [-0.05, 0) is 31.3 Å². The Kier molecular flexibility index (Phi) is 6.61. The number of hydrogen-bond acceptors (Lipinski definition) is 8. The van der Waals surface area contributed by atoms with E-state index in [1.165, 1.54) is 16.9 Å². The number of rotatable bonds is 7. The molecule has 1 aliphatic heterocycles. The molecule has 9 heteroatoms. The highest BCUT2D eigenvalue weighted by molar-refractivity contribution is 7.21. The molecule has 1 aliphatic rings. The minimum atomic E-state index is 0.0875. The molecular weight excluding hydrogens is 454 g/mol. The Morgan fingerprint density at radius 2 is 1.94 bits per heavy atom. The van der Waals surface area contributed by atoms with Crippen LogP contribution >= 0.6 is 22.7 Å². The topological polar surface area (TPSA) is 75.4 Å². The van der Waals surface area contributed by atoms with Gasteiger partial charge in [0.25, 0.3) is 5.91 Å². The van der Waals surface area contributed by atoms with Crippen molar-refractivity contribution in [3.63, 3.8) is 0 Å². The van der Waals surface area contributed by atoms with E-state index in [-0.39, 0.29) is 5.91 Å². The monoisotopic (exact) mass is 479 g/mol. The zero-order valence-corrected chi connectivity index (χ0v) is 20.1. The molecule has 3 aromatic heterocycles. The maximum atomic E-state index is 12.9. The molecule has 1 fully saturated rings. The molecule has 0 N–H and O–H groups in total. The molecule has 0 atom stereocenters. The van der Waals surface area contributed by atoms with E-state index >= 15 is 0 Å². The van der Waals surface area contributed by atoms with Gasteiger partial charge >= 0.3 is 0 Å². The molecule has 4 heterocycles. The van der Waals surface area contributed by atoms with Crippen LogP contribution in [0.25, 0.3) is 21.3 Å². The number of benzene rings is 1. The van der Waals surface area contributed by atoms with Gasteiger partial charge < -0.3 is 9.42 Å². The highest BCUT2D eigenvalue weighted by Gasteiger charge is 2.24. The number of aryl methyl sites for hydroxylation is 2. The average Bonchev–Trinajstić information content (AvgIpc) is 3.61. The van der Waals surface area contributed by atoms with Crippen LogP contribution in [0.2, 0.25) is 0 Å². The number of amides is 1. The highest BCUT2D eigenvalue weighted by atomic mass is 32.1. The zero-order valence-electron chi connectivity index (χ0n) is 18.4. The number of carbonyl (C=O) groups excluding carboxylic acids is 1. The molecule has 1 saturated heterocycles. The first-order chi connectivity index (χ1) is 16.2. The summed E-state index contributed by atoms with van der Waals surface area (Å²) in [6.45, 7) is 6.24. The Bertz CT molecular complexity index is 1190. The number of hydrogen-bond donors (Lipinski definition) is 0. The lowest BCUT2D eigenvalue weighted by Crippen LogP contribution is -2.48. The third-order valence-electron chi connectivity index (χ3n) is 5.75. The van der Waals surface area contributed by atoms with Crippen molar-refractivity contribution < 1.29 is 9.32 Å². The quantitative estimate of drug-likeness (QED) is 0.385. The molecule has 0 saturated carbocycles. The van der Waals surface area contributed by atoms with Gasteiger partial charge in [-0.25, -0.2) is 4.98 Å². The lowest BCUT2D eigenvalue weighted by atomic mass is 10.1. The van der Waals surface area contributed by atoms with Crippen molar-refractivity contribution >= 4 is 28.6 Å². The fourth-order valence-electron chi connectivity index (χ4n) is 3.85. The van der Waals surface area contributed by atoms with Gasteiger partial charge in [0.15, 0.2) is 0 Å². The molecule has 170 valence electrons. The van der Waals surface area contributed by atoms with E-state index in [1.54, 1.807) is 17.5 Å². The molecular formula is C24H25N5O2S2. The summed E-state index contributed by atoms with van der Waals surface area (Å²) < 4.78 is 5.43. The Morgan fingerprint density at radius 1 is 1.12 bits per heavy atom. The van der Waals surface area contributed by atoms with Gasteiger partial charge in [-0.15, -0.1) is 22.7 Å². The van der Waals surface area contributed by atoms with E-state index in [1.807, 2.05) is 46.7 Å². The number of carbonyl (C=O) groups is 1. The van der Waals surface area contributed by atoms with Gasteiger partial charge in [0.1, 0.15) is 9.88 Å². The van der Waals surface area contributed by atoms with Crippen molar-refractivity contribution in [2.24, 2.45) is 0 Å². The van der Waals surface area contributed by atoms with Crippen LogP contribution in [0.3, 0.4) is 0 Å². The standard InChI is InChI=1S/C24H25N5O2S2/c1-17-6-8-18(9-7-17)22-26-21(31-27-22)5-2-10-28-11-13-29(14-12-28)24(30)20-16-25-23(33-20)19-4-3-15-32-19/h3-4,6-9,15-16H,2,5,10-14H2,1H3. The molecule has 0 bridgehead atoms. The van der Waals surface area contributed by atoms with Crippen molar-refractivity contribution in [2.75, 3.05) is 32.7 Å². The minimum Gasteiger partial charge on any atom is -0.339 e. The molecule has 0 radical (unpaired) electrons. The summed E-state index contributed by atoms with van der Waals surface area (Å²) in [5.74, 6) is 1.40. The van der Waals surface area contributed by atoms with E-state index in [2.05, 4.69) is 26.9 Å². The van der Waals surface area contributed by atoms with Gasteiger partial charge in [-0.2, -0.15) is 4.98 Å². The first-order valence-corrected chi connectivity index (χ1v) is 12.8. The molecule has 1 amide bonds. The predicted molar refractivity (Wildman–Crippen MR) is 131 cm³/mol. The molecule has 5 rings (SSSR count). The van der Waals surface area contributed by atoms with Gasteiger partial charge in [0.2, 0.25) is 11.7 Å². The van der Waals surface area contributed by atoms with E-state index in [0.29, 0.717) is 16.6 Å². The number of nitrogens with zero attached hydrogens (tertiary/aromatic N) is 5. The molecule has 0 unspecified atom stereocenters. The number of thiophene rings is 1. The summed E-state index contributed by atoms with van der Waals surface area (Å²) in [6, 6.07) is 12.2. The van der Waals surface area contributed by atoms with E-state index in [0.717, 1.165) is 61.0 Å². The fourth-order valence-corrected chi connectivity index (χ4v) is 5.54. The summed E-state index contributed by atoms with van der Waals surface area (Å²) in [4.78, 5) is 28.0. The third kappa shape index (κ3) is 5.21. The normalized spacial score (nSPS) is 14.6. The van der Waals surface area contributed by atoms with Crippen LogP contribution < -0.4 is 0 Å². The summed E-state index contributed by atoms with van der Waals surface area (Å²) >= 11 is 3.12. The van der Waals surface area contributed by atoms with Crippen LogP contribution in [0.5, 0.6) is 0 Å². The van der Waals surface area contributed by atoms with Gasteiger partial charge in [-0.1, -0.05) is 41.1 Å². The van der Waals surface area contributed by atoms with Gasteiger partial charge in [0, 0.05) is 38.2 Å². The molecule has 1 aromatic carbocycles. The second kappa shape index (κ2) is 9.94. The van der Waals surface area contributed by atoms with Crippen molar-refractivity contribution in [2.45, 2.75) is 19.8 Å². The number of aromatic nitrogens is 3.